The van der Waals surface area contributed by atoms with Crippen LogP contribution in [0.4, 0.5) is 5.82 Å². The van der Waals surface area contributed by atoms with E-state index in [0.29, 0.717) is 30.8 Å². The zero-order chi connectivity index (χ0) is 29.3. The van der Waals surface area contributed by atoms with Gasteiger partial charge in [0.15, 0.2) is 0 Å². The number of fused-ring (bicyclic) bond motifs is 1. The topological polar surface area (TPSA) is 79.7 Å². The van der Waals surface area contributed by atoms with Gasteiger partial charge < -0.3 is 9.84 Å². The SMILES string of the molecule is CC.COC(=O)c1ccc2c(N(Cc3ccc(-c4ccc(CCO)cc4)cc3)C(=O)CC(C)(C)C)nccc2c1. The average molecular weight is 541 g/mol. The summed E-state index contributed by atoms with van der Waals surface area (Å²) in [5.41, 5.74) is 4.51. The first-order valence-corrected chi connectivity index (χ1v) is 13.7. The van der Waals surface area contributed by atoms with Gasteiger partial charge in [-0.2, -0.15) is 0 Å². The molecule has 0 aliphatic heterocycles. The second kappa shape index (κ2) is 13.9. The second-order valence-electron chi connectivity index (χ2n) is 10.6. The van der Waals surface area contributed by atoms with Crippen LogP contribution in [0.5, 0.6) is 0 Å². The van der Waals surface area contributed by atoms with Gasteiger partial charge in [0.1, 0.15) is 5.82 Å². The molecule has 0 bridgehead atoms. The third kappa shape index (κ3) is 7.76. The molecule has 0 aliphatic rings. The number of methoxy groups -OCH3 is 1. The van der Waals surface area contributed by atoms with Crippen LogP contribution in [0.15, 0.2) is 79.0 Å². The first-order valence-electron chi connectivity index (χ1n) is 13.7. The van der Waals surface area contributed by atoms with E-state index in [0.717, 1.165) is 33.0 Å². The van der Waals surface area contributed by atoms with E-state index >= 15 is 0 Å². The zero-order valence-electron chi connectivity index (χ0n) is 24.4. The molecule has 1 N–H and O–H groups in total. The number of nitrogens with zero attached hydrogens (tertiary/aromatic N) is 2. The highest BCUT2D eigenvalue weighted by Crippen LogP contribution is 2.30. The number of benzene rings is 3. The lowest BCUT2D eigenvalue weighted by molar-refractivity contribution is -0.120. The fraction of sp³-hybridized carbons (Fsp3) is 0.324. The standard InChI is InChI=1S/C32H34N2O4.C2H6/c1-32(2,3)20-29(36)34(30-28-14-13-27(31(37)38-4)19-26(28)15-17-33-30)21-23-7-11-25(12-8-23)24-9-5-22(6-10-24)16-18-35;1-2/h5-15,17,19,35H,16,18,20-21H2,1-4H3;1-2H3. The molecule has 0 saturated carbocycles. The van der Waals surface area contributed by atoms with E-state index in [1.54, 1.807) is 23.2 Å². The average Bonchev–Trinajstić information content (AvgIpc) is 2.96. The fourth-order valence-corrected chi connectivity index (χ4v) is 4.43. The van der Waals surface area contributed by atoms with Crippen molar-refractivity contribution in [2.24, 2.45) is 5.41 Å². The maximum Gasteiger partial charge on any atom is 0.337 e. The molecule has 0 atom stereocenters. The maximum absolute atomic E-state index is 13.6. The molecular weight excluding hydrogens is 500 g/mol. The number of aliphatic hydroxyl groups is 1. The van der Waals surface area contributed by atoms with Crippen LogP contribution in [-0.2, 0) is 22.5 Å². The third-order valence-electron chi connectivity index (χ3n) is 6.39. The molecule has 0 spiro atoms. The molecular formula is C34H40N2O4. The van der Waals surface area contributed by atoms with Crippen LogP contribution in [0.2, 0.25) is 0 Å². The highest BCUT2D eigenvalue weighted by Gasteiger charge is 2.25. The molecule has 210 valence electrons. The number of hydrogen-bond acceptors (Lipinski definition) is 5. The summed E-state index contributed by atoms with van der Waals surface area (Å²) in [4.78, 5) is 32.0. The van der Waals surface area contributed by atoms with Crippen molar-refractivity contribution < 1.29 is 19.4 Å². The predicted molar refractivity (Wildman–Crippen MR) is 162 cm³/mol. The molecule has 0 radical (unpaired) electrons. The number of aliphatic hydroxyl groups excluding tert-OH is 1. The van der Waals surface area contributed by atoms with Gasteiger partial charge in [-0.25, -0.2) is 9.78 Å². The summed E-state index contributed by atoms with van der Waals surface area (Å²) in [6, 6.07) is 23.5. The summed E-state index contributed by atoms with van der Waals surface area (Å²) in [6.07, 6.45) is 2.67. The van der Waals surface area contributed by atoms with Gasteiger partial charge in [-0.3, -0.25) is 9.69 Å². The van der Waals surface area contributed by atoms with Crippen molar-refractivity contribution in [1.29, 1.82) is 0 Å². The van der Waals surface area contributed by atoms with Gasteiger partial charge >= 0.3 is 5.97 Å². The Labute approximate surface area is 237 Å². The molecule has 4 aromatic rings. The minimum absolute atomic E-state index is 0.0157. The Morgan fingerprint density at radius 1 is 0.875 bits per heavy atom. The first-order chi connectivity index (χ1) is 19.2. The summed E-state index contributed by atoms with van der Waals surface area (Å²) in [7, 11) is 1.36. The van der Waals surface area contributed by atoms with E-state index in [1.807, 2.05) is 71.0 Å². The summed E-state index contributed by atoms with van der Waals surface area (Å²) < 4.78 is 4.86. The normalized spacial score (nSPS) is 11.0. The number of ether oxygens (including phenoxy) is 1. The van der Waals surface area contributed by atoms with Crippen LogP contribution >= 0.6 is 0 Å². The van der Waals surface area contributed by atoms with Gasteiger partial charge in [0.05, 0.1) is 19.2 Å². The Bertz CT molecular complexity index is 1420. The number of hydrogen-bond donors (Lipinski definition) is 1. The Hall–Kier alpha value is -4.03. The quantitative estimate of drug-likeness (QED) is 0.239. The molecule has 0 fully saturated rings. The Morgan fingerprint density at radius 3 is 2.02 bits per heavy atom. The van der Waals surface area contributed by atoms with Crippen molar-refractivity contribution in [1.82, 2.24) is 4.98 Å². The number of esters is 1. The number of rotatable bonds is 8. The molecule has 40 heavy (non-hydrogen) atoms. The number of pyridine rings is 1. The van der Waals surface area contributed by atoms with Crippen molar-refractivity contribution in [3.8, 4) is 11.1 Å². The van der Waals surface area contributed by atoms with Crippen LogP contribution in [0.1, 0.15) is 62.5 Å². The molecule has 0 unspecified atom stereocenters. The fourth-order valence-electron chi connectivity index (χ4n) is 4.43. The van der Waals surface area contributed by atoms with Gasteiger partial charge in [-0.05, 0) is 63.7 Å². The van der Waals surface area contributed by atoms with Crippen LogP contribution in [-0.4, -0.2) is 35.7 Å². The Balaban J connectivity index is 0.00000216. The Morgan fingerprint density at radius 2 is 1.48 bits per heavy atom. The lowest BCUT2D eigenvalue weighted by Gasteiger charge is -2.27. The van der Waals surface area contributed by atoms with E-state index in [1.165, 1.54) is 7.11 Å². The van der Waals surface area contributed by atoms with Crippen LogP contribution in [0, 0.1) is 5.41 Å². The number of anilines is 1. The monoisotopic (exact) mass is 540 g/mol. The van der Waals surface area contributed by atoms with E-state index < -0.39 is 5.97 Å². The van der Waals surface area contributed by atoms with Crippen molar-refractivity contribution in [3.63, 3.8) is 0 Å². The summed E-state index contributed by atoms with van der Waals surface area (Å²) in [5, 5.41) is 10.7. The first kappa shape index (κ1) is 30.5. The van der Waals surface area contributed by atoms with Gasteiger partial charge in [0.25, 0.3) is 0 Å². The van der Waals surface area contributed by atoms with Crippen LogP contribution < -0.4 is 4.90 Å². The second-order valence-corrected chi connectivity index (χ2v) is 10.6. The number of carbonyl (C=O) groups is 2. The summed E-state index contributed by atoms with van der Waals surface area (Å²) >= 11 is 0. The number of carbonyl (C=O) groups excluding carboxylic acids is 2. The summed E-state index contributed by atoms with van der Waals surface area (Å²) in [6.45, 7) is 10.6. The molecule has 1 amide bonds. The largest absolute Gasteiger partial charge is 0.465 e. The lowest BCUT2D eigenvalue weighted by Crippen LogP contribution is -2.34. The van der Waals surface area contributed by atoms with E-state index in [-0.39, 0.29) is 17.9 Å². The smallest absolute Gasteiger partial charge is 0.337 e. The molecule has 3 aromatic carbocycles. The maximum atomic E-state index is 13.6. The zero-order valence-corrected chi connectivity index (χ0v) is 24.4. The van der Waals surface area contributed by atoms with Gasteiger partial charge in [0, 0.05) is 24.6 Å². The van der Waals surface area contributed by atoms with E-state index in [9.17, 15) is 9.59 Å². The van der Waals surface area contributed by atoms with Crippen molar-refractivity contribution >= 4 is 28.5 Å². The molecule has 1 heterocycles. The third-order valence-corrected chi connectivity index (χ3v) is 6.39. The molecule has 6 heteroatoms. The van der Waals surface area contributed by atoms with Crippen molar-refractivity contribution in [2.45, 2.75) is 54.0 Å². The minimum Gasteiger partial charge on any atom is -0.465 e. The molecule has 4 rings (SSSR count). The van der Waals surface area contributed by atoms with E-state index in [4.69, 9.17) is 9.84 Å². The molecule has 6 nitrogen and oxygen atoms in total. The van der Waals surface area contributed by atoms with Gasteiger partial charge in [-0.1, -0.05) is 83.1 Å². The highest BCUT2D eigenvalue weighted by molar-refractivity contribution is 6.04. The summed E-state index contributed by atoms with van der Waals surface area (Å²) in [5.74, 6) is 0.142. The lowest BCUT2D eigenvalue weighted by atomic mass is 9.91. The number of amides is 1. The Kier molecular flexibility index (Phi) is 10.6. The van der Waals surface area contributed by atoms with Gasteiger partial charge in [0.2, 0.25) is 5.91 Å². The highest BCUT2D eigenvalue weighted by atomic mass is 16.5. The van der Waals surface area contributed by atoms with Gasteiger partial charge in [-0.15, -0.1) is 0 Å². The van der Waals surface area contributed by atoms with E-state index in [2.05, 4.69) is 29.2 Å². The molecule has 0 saturated heterocycles. The number of aromatic nitrogens is 1. The molecule has 0 aliphatic carbocycles. The van der Waals surface area contributed by atoms with Crippen LogP contribution in [0.3, 0.4) is 0 Å². The predicted octanol–water partition coefficient (Wildman–Crippen LogP) is 7.22. The molecule has 1 aromatic heterocycles. The van der Waals surface area contributed by atoms with Crippen molar-refractivity contribution in [3.05, 3.63) is 95.7 Å². The minimum atomic E-state index is -0.408. The van der Waals surface area contributed by atoms with Crippen LogP contribution in [0.25, 0.3) is 21.9 Å². The van der Waals surface area contributed by atoms with Crippen molar-refractivity contribution in [2.75, 3.05) is 18.6 Å².